The molecule has 0 aliphatic carbocycles. The molecule has 0 aliphatic rings. The van der Waals surface area contributed by atoms with Gasteiger partial charge in [-0.15, -0.1) is 0 Å². The molecule has 0 amide bonds. The van der Waals surface area contributed by atoms with Crippen LogP contribution in [0.1, 0.15) is 16.7 Å². The second-order valence-corrected chi connectivity index (χ2v) is 5.07. The number of rotatable bonds is 4. The van der Waals surface area contributed by atoms with E-state index in [1.807, 2.05) is 18.2 Å². The summed E-state index contributed by atoms with van der Waals surface area (Å²) in [6.45, 7) is 6.18. The minimum absolute atomic E-state index is 0.427. The van der Waals surface area contributed by atoms with Crippen molar-refractivity contribution in [3.05, 3.63) is 120 Å². The maximum absolute atomic E-state index is 6.18. The van der Waals surface area contributed by atoms with Crippen LogP contribution in [0, 0.1) is 6.58 Å². The van der Waals surface area contributed by atoms with Crippen LogP contribution in [0.15, 0.2) is 97.1 Å². The summed E-state index contributed by atoms with van der Waals surface area (Å²) in [6, 6.07) is 31.2. The maximum Gasteiger partial charge on any atom is 0.0635 e. The first kappa shape index (κ1) is 13.4. The zero-order chi connectivity index (χ0) is 14.5. The van der Waals surface area contributed by atoms with Gasteiger partial charge in [-0.05, 0) is 16.7 Å². The fourth-order valence-corrected chi connectivity index (χ4v) is 2.89. The lowest BCUT2D eigenvalue weighted by Crippen LogP contribution is -2.26. The Morgan fingerprint density at radius 3 is 1.05 bits per heavy atom. The van der Waals surface area contributed by atoms with Crippen LogP contribution in [0.25, 0.3) is 0 Å². The molecule has 21 heavy (non-hydrogen) atoms. The molecule has 0 nitrogen and oxygen atoms in total. The average Bonchev–Trinajstić information content (AvgIpc) is 2.59. The molecule has 0 bridgehead atoms. The molecule has 0 heterocycles. The number of benzene rings is 3. The Labute approximate surface area is 126 Å². The highest BCUT2D eigenvalue weighted by molar-refractivity contribution is 5.54. The largest absolute Gasteiger partial charge is 0.0652 e. The molecule has 1 radical (unpaired) electrons. The Morgan fingerprint density at radius 1 is 0.524 bits per heavy atom. The smallest absolute Gasteiger partial charge is 0.0635 e. The van der Waals surface area contributed by atoms with Gasteiger partial charge in [-0.3, -0.25) is 0 Å². The van der Waals surface area contributed by atoms with Gasteiger partial charge in [-0.2, -0.15) is 0 Å². The Hall–Kier alpha value is -2.60. The third kappa shape index (κ3) is 2.30. The number of hydrogen-bond acceptors (Lipinski definition) is 0. The van der Waals surface area contributed by atoms with Crippen molar-refractivity contribution >= 4 is 0 Å². The van der Waals surface area contributed by atoms with Gasteiger partial charge in [0, 0.05) is 0 Å². The van der Waals surface area contributed by atoms with Crippen LogP contribution >= 0.6 is 0 Å². The first-order valence-electron chi connectivity index (χ1n) is 7.10. The zero-order valence-electron chi connectivity index (χ0n) is 11.8. The van der Waals surface area contributed by atoms with Crippen LogP contribution in [0.5, 0.6) is 0 Å². The predicted octanol–water partition coefficient (Wildman–Crippen LogP) is 5.01. The van der Waals surface area contributed by atoms with E-state index in [4.69, 9.17) is 6.58 Å². The van der Waals surface area contributed by atoms with E-state index >= 15 is 0 Å². The monoisotopic (exact) mass is 269 g/mol. The van der Waals surface area contributed by atoms with Crippen LogP contribution in [-0.4, -0.2) is 0 Å². The van der Waals surface area contributed by atoms with Gasteiger partial charge in [-0.25, -0.2) is 0 Å². The summed E-state index contributed by atoms with van der Waals surface area (Å²) in [6.07, 6.45) is 1.80. The van der Waals surface area contributed by atoms with Crippen molar-refractivity contribution in [2.24, 2.45) is 0 Å². The van der Waals surface area contributed by atoms with Crippen LogP contribution < -0.4 is 0 Å². The van der Waals surface area contributed by atoms with E-state index in [2.05, 4.69) is 72.8 Å². The molecule has 3 aromatic rings. The molecule has 0 fully saturated rings. The van der Waals surface area contributed by atoms with Gasteiger partial charge in [0.2, 0.25) is 0 Å². The summed E-state index contributed by atoms with van der Waals surface area (Å²) < 4.78 is 0. The van der Waals surface area contributed by atoms with Crippen LogP contribution in [-0.2, 0) is 5.41 Å². The third-order valence-corrected chi connectivity index (χ3v) is 3.94. The molecule has 0 aromatic heterocycles. The highest BCUT2D eigenvalue weighted by Gasteiger charge is 2.32. The summed E-state index contributed by atoms with van der Waals surface area (Å²) in [5.74, 6) is 0. The van der Waals surface area contributed by atoms with E-state index in [9.17, 15) is 0 Å². The second-order valence-electron chi connectivity index (χ2n) is 5.07. The Balaban J connectivity index is 2.31. The van der Waals surface area contributed by atoms with Gasteiger partial charge in [0.15, 0.2) is 0 Å². The molecule has 3 aromatic carbocycles. The molecule has 0 unspecified atom stereocenters. The van der Waals surface area contributed by atoms with Crippen LogP contribution in [0.3, 0.4) is 0 Å². The standard InChI is InChI=1S/C21H17/c1-2-21(18-12-6-3-7-13-18,19-14-8-4-9-15-19)20-16-10-5-11-17-20/h1-17H. The van der Waals surface area contributed by atoms with Crippen LogP contribution in [0.2, 0.25) is 0 Å². The zero-order valence-corrected chi connectivity index (χ0v) is 11.8. The Bertz CT molecular complexity index is 600. The van der Waals surface area contributed by atoms with Gasteiger partial charge in [0.05, 0.1) is 5.41 Å². The van der Waals surface area contributed by atoms with E-state index in [0.29, 0.717) is 0 Å². The van der Waals surface area contributed by atoms with Crippen molar-refractivity contribution in [1.82, 2.24) is 0 Å². The quantitative estimate of drug-likeness (QED) is 0.584. The van der Waals surface area contributed by atoms with Gasteiger partial charge in [0.25, 0.3) is 0 Å². The van der Waals surface area contributed by atoms with Crippen molar-refractivity contribution in [2.45, 2.75) is 5.41 Å². The lowest BCUT2D eigenvalue weighted by atomic mass is 9.69. The Morgan fingerprint density at radius 2 is 0.810 bits per heavy atom. The summed E-state index contributed by atoms with van der Waals surface area (Å²) in [4.78, 5) is 0. The lowest BCUT2D eigenvalue weighted by Gasteiger charge is -2.32. The van der Waals surface area contributed by atoms with E-state index in [1.165, 1.54) is 16.7 Å². The van der Waals surface area contributed by atoms with Crippen LogP contribution in [0.4, 0.5) is 0 Å². The second kappa shape index (κ2) is 5.80. The minimum atomic E-state index is -0.427. The topological polar surface area (TPSA) is 0 Å². The van der Waals surface area contributed by atoms with Crippen molar-refractivity contribution in [1.29, 1.82) is 0 Å². The van der Waals surface area contributed by atoms with E-state index in [1.54, 1.807) is 6.08 Å². The van der Waals surface area contributed by atoms with Gasteiger partial charge in [0.1, 0.15) is 0 Å². The molecule has 0 saturated heterocycles. The molecule has 0 atom stereocenters. The predicted molar refractivity (Wildman–Crippen MR) is 88.1 cm³/mol. The average molecular weight is 269 g/mol. The lowest BCUT2D eigenvalue weighted by molar-refractivity contribution is 0.779. The fraction of sp³-hybridized carbons (Fsp3) is 0.0476. The van der Waals surface area contributed by atoms with Crippen molar-refractivity contribution in [3.8, 4) is 0 Å². The van der Waals surface area contributed by atoms with E-state index < -0.39 is 5.41 Å². The van der Waals surface area contributed by atoms with Gasteiger partial charge >= 0.3 is 0 Å². The SMILES string of the molecule is [CH]=CC(c1ccccc1)(c1ccccc1)c1ccccc1. The minimum Gasteiger partial charge on any atom is -0.0652 e. The van der Waals surface area contributed by atoms with Crippen molar-refractivity contribution in [3.63, 3.8) is 0 Å². The molecule has 101 valence electrons. The fourth-order valence-electron chi connectivity index (χ4n) is 2.89. The normalized spacial score (nSPS) is 11.0. The van der Waals surface area contributed by atoms with Crippen molar-refractivity contribution in [2.75, 3.05) is 0 Å². The first-order valence-corrected chi connectivity index (χ1v) is 7.10. The molecular formula is C21H17. The van der Waals surface area contributed by atoms with Crippen molar-refractivity contribution < 1.29 is 0 Å². The van der Waals surface area contributed by atoms with Gasteiger partial charge in [-0.1, -0.05) is 104 Å². The third-order valence-electron chi connectivity index (χ3n) is 3.94. The molecule has 0 heteroatoms. The summed E-state index contributed by atoms with van der Waals surface area (Å²) in [5, 5.41) is 0. The molecule has 0 aliphatic heterocycles. The summed E-state index contributed by atoms with van der Waals surface area (Å²) in [5.41, 5.74) is 3.09. The first-order chi connectivity index (χ1) is 10.4. The Kier molecular flexibility index (Phi) is 3.70. The molecule has 0 saturated carbocycles. The number of hydrogen-bond donors (Lipinski definition) is 0. The number of allylic oxidation sites excluding steroid dienone is 1. The molecule has 0 spiro atoms. The summed E-state index contributed by atoms with van der Waals surface area (Å²) >= 11 is 0. The summed E-state index contributed by atoms with van der Waals surface area (Å²) in [7, 11) is 0. The van der Waals surface area contributed by atoms with E-state index in [-0.39, 0.29) is 0 Å². The maximum atomic E-state index is 6.18. The van der Waals surface area contributed by atoms with Gasteiger partial charge < -0.3 is 0 Å². The van der Waals surface area contributed by atoms with E-state index in [0.717, 1.165) is 0 Å². The molecule has 0 N–H and O–H groups in total. The molecule has 3 rings (SSSR count). The highest BCUT2D eigenvalue weighted by atomic mass is 14.3. The highest BCUT2D eigenvalue weighted by Crippen LogP contribution is 2.39. The molecular weight excluding hydrogens is 252 g/mol.